The van der Waals surface area contributed by atoms with Gasteiger partial charge < -0.3 is 10.6 Å². The average molecular weight is 334 g/mol. The Morgan fingerprint density at radius 2 is 1.80 bits per heavy atom. The van der Waals surface area contributed by atoms with Crippen molar-refractivity contribution in [1.82, 2.24) is 5.32 Å². The van der Waals surface area contributed by atoms with E-state index >= 15 is 0 Å². The van der Waals surface area contributed by atoms with E-state index in [9.17, 15) is 9.59 Å². The molecule has 0 aliphatic heterocycles. The van der Waals surface area contributed by atoms with Crippen LogP contribution in [0.1, 0.15) is 29.5 Å². The van der Waals surface area contributed by atoms with Crippen LogP contribution in [0.5, 0.6) is 0 Å². The monoisotopic (exact) mass is 334 g/mol. The van der Waals surface area contributed by atoms with Crippen LogP contribution in [0.15, 0.2) is 54.6 Å². The summed E-state index contributed by atoms with van der Waals surface area (Å²) in [6.07, 6.45) is 6.89. The maximum absolute atomic E-state index is 12.0. The molecule has 2 aromatic rings. The third kappa shape index (κ3) is 5.05. The molecule has 0 saturated carbocycles. The van der Waals surface area contributed by atoms with Gasteiger partial charge in [-0.1, -0.05) is 36.4 Å². The van der Waals surface area contributed by atoms with Gasteiger partial charge in [-0.3, -0.25) is 9.59 Å². The molecule has 0 fully saturated rings. The van der Waals surface area contributed by atoms with Gasteiger partial charge in [-0.05, 0) is 54.2 Å². The summed E-state index contributed by atoms with van der Waals surface area (Å²) < 4.78 is 0. The molecule has 0 atom stereocenters. The van der Waals surface area contributed by atoms with Gasteiger partial charge in [0.1, 0.15) is 0 Å². The molecule has 0 aromatic heterocycles. The zero-order chi connectivity index (χ0) is 17.5. The number of carbonyl (C=O) groups is 2. The van der Waals surface area contributed by atoms with E-state index in [1.165, 1.54) is 23.6 Å². The predicted octanol–water partition coefficient (Wildman–Crippen LogP) is 3.33. The first-order chi connectivity index (χ1) is 12.2. The molecular formula is C21H22N2O2. The third-order valence-electron chi connectivity index (χ3n) is 4.26. The van der Waals surface area contributed by atoms with Gasteiger partial charge in [-0.2, -0.15) is 0 Å². The van der Waals surface area contributed by atoms with E-state index < -0.39 is 0 Å². The molecule has 0 bridgehead atoms. The predicted molar refractivity (Wildman–Crippen MR) is 100 cm³/mol. The van der Waals surface area contributed by atoms with E-state index in [1.54, 1.807) is 6.08 Å². The van der Waals surface area contributed by atoms with Crippen molar-refractivity contribution in [3.05, 3.63) is 71.3 Å². The Balaban J connectivity index is 1.40. The smallest absolute Gasteiger partial charge is 0.244 e. The van der Waals surface area contributed by atoms with Gasteiger partial charge in [0.2, 0.25) is 11.8 Å². The fourth-order valence-corrected chi connectivity index (χ4v) is 2.97. The van der Waals surface area contributed by atoms with Crippen LogP contribution < -0.4 is 10.6 Å². The number of nitrogens with one attached hydrogen (secondary N) is 2. The number of aryl methyl sites for hydroxylation is 2. The second-order valence-electron chi connectivity index (χ2n) is 6.17. The van der Waals surface area contributed by atoms with E-state index in [-0.39, 0.29) is 18.2 Å². The van der Waals surface area contributed by atoms with Crippen molar-refractivity contribution in [3.8, 4) is 0 Å². The highest BCUT2D eigenvalue weighted by Crippen LogP contribution is 2.24. The maximum Gasteiger partial charge on any atom is 0.244 e. The summed E-state index contributed by atoms with van der Waals surface area (Å²) in [5.74, 6) is -0.292. The number of carbonyl (C=O) groups excluding carboxylic acids is 2. The minimum absolute atomic E-state index is 0.0923. The SMILES string of the molecule is O=C(/C=C/c1ccccc1)NCCC(=O)Nc1ccc2c(c1)CCC2. The molecular weight excluding hydrogens is 312 g/mol. The quantitative estimate of drug-likeness (QED) is 0.796. The molecule has 25 heavy (non-hydrogen) atoms. The first-order valence-electron chi connectivity index (χ1n) is 8.63. The molecule has 0 saturated heterocycles. The molecule has 128 valence electrons. The van der Waals surface area contributed by atoms with Crippen molar-refractivity contribution in [3.63, 3.8) is 0 Å². The molecule has 2 amide bonds. The second-order valence-corrected chi connectivity index (χ2v) is 6.17. The summed E-state index contributed by atoms with van der Waals surface area (Å²) in [6, 6.07) is 15.7. The molecule has 0 heterocycles. The zero-order valence-electron chi connectivity index (χ0n) is 14.1. The summed E-state index contributed by atoms with van der Waals surface area (Å²) in [7, 11) is 0. The zero-order valence-corrected chi connectivity index (χ0v) is 14.1. The second kappa shape index (κ2) is 8.29. The topological polar surface area (TPSA) is 58.2 Å². The van der Waals surface area contributed by atoms with Crippen LogP contribution >= 0.6 is 0 Å². The highest BCUT2D eigenvalue weighted by molar-refractivity contribution is 5.93. The summed E-state index contributed by atoms with van der Waals surface area (Å²) in [5, 5.41) is 5.62. The molecule has 1 aliphatic rings. The Bertz CT molecular complexity index is 782. The molecule has 1 aliphatic carbocycles. The summed E-state index contributed by atoms with van der Waals surface area (Å²) in [4.78, 5) is 23.7. The molecule has 0 unspecified atom stereocenters. The van der Waals surface area contributed by atoms with Gasteiger partial charge in [0.15, 0.2) is 0 Å². The largest absolute Gasteiger partial charge is 0.352 e. The molecule has 3 rings (SSSR count). The molecule has 4 nitrogen and oxygen atoms in total. The van der Waals surface area contributed by atoms with Crippen LogP contribution in [-0.4, -0.2) is 18.4 Å². The summed E-state index contributed by atoms with van der Waals surface area (Å²) >= 11 is 0. The fraction of sp³-hybridized carbons (Fsp3) is 0.238. The van der Waals surface area contributed by atoms with Crippen molar-refractivity contribution >= 4 is 23.6 Å². The van der Waals surface area contributed by atoms with Crippen molar-refractivity contribution < 1.29 is 9.59 Å². The Labute approximate surface area is 148 Å². The average Bonchev–Trinajstić information content (AvgIpc) is 3.08. The number of hydrogen-bond acceptors (Lipinski definition) is 2. The summed E-state index contributed by atoms with van der Waals surface area (Å²) in [6.45, 7) is 0.314. The molecule has 0 spiro atoms. The van der Waals surface area contributed by atoms with Gasteiger partial charge >= 0.3 is 0 Å². The lowest BCUT2D eigenvalue weighted by Crippen LogP contribution is -2.26. The van der Waals surface area contributed by atoms with E-state index in [4.69, 9.17) is 0 Å². The fourth-order valence-electron chi connectivity index (χ4n) is 2.97. The molecule has 4 heteroatoms. The molecule has 0 radical (unpaired) electrons. The third-order valence-corrected chi connectivity index (χ3v) is 4.26. The van der Waals surface area contributed by atoms with Crippen LogP contribution in [0.3, 0.4) is 0 Å². The van der Waals surface area contributed by atoms with Gasteiger partial charge in [-0.15, -0.1) is 0 Å². The molecule has 2 aromatic carbocycles. The van der Waals surface area contributed by atoms with Crippen molar-refractivity contribution in [2.75, 3.05) is 11.9 Å². The van der Waals surface area contributed by atoms with Gasteiger partial charge in [0, 0.05) is 24.7 Å². The Morgan fingerprint density at radius 1 is 1.00 bits per heavy atom. The molecule has 2 N–H and O–H groups in total. The minimum Gasteiger partial charge on any atom is -0.352 e. The maximum atomic E-state index is 12.0. The number of anilines is 1. The lowest BCUT2D eigenvalue weighted by molar-refractivity contribution is -0.117. The van der Waals surface area contributed by atoms with E-state index in [0.717, 1.165) is 24.1 Å². The first kappa shape index (κ1) is 17.0. The highest BCUT2D eigenvalue weighted by Gasteiger charge is 2.11. The van der Waals surface area contributed by atoms with E-state index in [1.807, 2.05) is 36.4 Å². The normalized spacial score (nSPS) is 12.8. The van der Waals surface area contributed by atoms with Gasteiger partial charge in [-0.25, -0.2) is 0 Å². The van der Waals surface area contributed by atoms with Crippen LogP contribution in [0.2, 0.25) is 0 Å². The standard InChI is InChI=1S/C21H22N2O2/c24-20(12-9-16-5-2-1-3-6-16)22-14-13-21(25)23-19-11-10-17-7-4-8-18(17)15-19/h1-3,5-6,9-12,15H,4,7-8,13-14H2,(H,22,24)(H,23,25)/b12-9+. The van der Waals surface area contributed by atoms with E-state index in [0.29, 0.717) is 6.54 Å². The summed E-state index contributed by atoms with van der Waals surface area (Å²) in [5.41, 5.74) is 4.51. The number of fused-ring (bicyclic) bond motifs is 1. The van der Waals surface area contributed by atoms with Gasteiger partial charge in [0.05, 0.1) is 0 Å². The lowest BCUT2D eigenvalue weighted by Gasteiger charge is -2.08. The Hall–Kier alpha value is -2.88. The highest BCUT2D eigenvalue weighted by atomic mass is 16.2. The van der Waals surface area contributed by atoms with Gasteiger partial charge in [0.25, 0.3) is 0 Å². The number of hydrogen-bond donors (Lipinski definition) is 2. The Kier molecular flexibility index (Phi) is 5.62. The lowest BCUT2D eigenvalue weighted by atomic mass is 10.1. The van der Waals surface area contributed by atoms with Crippen molar-refractivity contribution in [2.24, 2.45) is 0 Å². The number of amides is 2. The van der Waals surface area contributed by atoms with E-state index in [2.05, 4.69) is 22.8 Å². The minimum atomic E-state index is -0.200. The van der Waals surface area contributed by atoms with Crippen LogP contribution in [0, 0.1) is 0 Å². The van der Waals surface area contributed by atoms with Crippen molar-refractivity contribution in [2.45, 2.75) is 25.7 Å². The Morgan fingerprint density at radius 3 is 2.64 bits per heavy atom. The number of rotatable bonds is 6. The van der Waals surface area contributed by atoms with Crippen molar-refractivity contribution in [1.29, 1.82) is 0 Å². The van der Waals surface area contributed by atoms with Crippen LogP contribution in [0.4, 0.5) is 5.69 Å². The first-order valence-corrected chi connectivity index (χ1v) is 8.63. The van der Waals surface area contributed by atoms with Crippen LogP contribution in [0.25, 0.3) is 6.08 Å². The van der Waals surface area contributed by atoms with Crippen LogP contribution in [-0.2, 0) is 22.4 Å². The number of benzene rings is 2.